The van der Waals surface area contributed by atoms with E-state index in [1.807, 2.05) is 37.3 Å². The molecule has 0 amide bonds. The van der Waals surface area contributed by atoms with Crippen molar-refractivity contribution >= 4 is 17.3 Å². The molecule has 0 aliphatic rings. The normalized spacial score (nSPS) is 12.1. The molecule has 1 atom stereocenters. The summed E-state index contributed by atoms with van der Waals surface area (Å²) in [4.78, 5) is 10.6. The van der Waals surface area contributed by atoms with Gasteiger partial charge in [0.25, 0.3) is 5.69 Å². The van der Waals surface area contributed by atoms with Crippen LogP contribution in [0.3, 0.4) is 0 Å². The lowest BCUT2D eigenvalue weighted by atomic mass is 10.0. The number of nitro groups is 1. The number of nitro benzene ring substituents is 1. The SMILES string of the molecule is Cc1c(CN[C@H](C)c2ccccc2Cl)cccc1[N+](=O)[O-]. The lowest BCUT2D eigenvalue weighted by Gasteiger charge is -2.16. The molecule has 2 aromatic rings. The number of hydrogen-bond donors (Lipinski definition) is 1. The number of nitrogens with one attached hydrogen (secondary N) is 1. The van der Waals surface area contributed by atoms with Crippen LogP contribution in [0.15, 0.2) is 42.5 Å². The van der Waals surface area contributed by atoms with Crippen molar-refractivity contribution in [2.45, 2.75) is 26.4 Å². The lowest BCUT2D eigenvalue weighted by Crippen LogP contribution is -2.19. The van der Waals surface area contributed by atoms with Crippen molar-refractivity contribution < 1.29 is 4.92 Å². The first-order valence-electron chi connectivity index (χ1n) is 6.71. The van der Waals surface area contributed by atoms with Crippen molar-refractivity contribution in [1.29, 1.82) is 0 Å². The molecule has 0 saturated carbocycles. The van der Waals surface area contributed by atoms with Gasteiger partial charge in [-0.2, -0.15) is 0 Å². The lowest BCUT2D eigenvalue weighted by molar-refractivity contribution is -0.385. The van der Waals surface area contributed by atoms with Gasteiger partial charge in [-0.05, 0) is 31.0 Å². The van der Waals surface area contributed by atoms with Crippen LogP contribution in [0.2, 0.25) is 5.02 Å². The van der Waals surface area contributed by atoms with Crippen LogP contribution in [0, 0.1) is 17.0 Å². The summed E-state index contributed by atoms with van der Waals surface area (Å²) in [6.07, 6.45) is 0. The Morgan fingerprint density at radius 2 is 1.95 bits per heavy atom. The van der Waals surface area contributed by atoms with Crippen molar-refractivity contribution in [3.05, 3.63) is 74.3 Å². The van der Waals surface area contributed by atoms with Crippen LogP contribution >= 0.6 is 11.6 Å². The van der Waals surface area contributed by atoms with E-state index >= 15 is 0 Å². The maximum Gasteiger partial charge on any atom is 0.272 e. The van der Waals surface area contributed by atoms with E-state index in [4.69, 9.17) is 11.6 Å². The molecule has 0 saturated heterocycles. The summed E-state index contributed by atoms with van der Waals surface area (Å²) in [6.45, 7) is 4.35. The predicted molar refractivity (Wildman–Crippen MR) is 84.5 cm³/mol. The number of benzene rings is 2. The molecule has 110 valence electrons. The third-order valence-corrected chi connectivity index (χ3v) is 3.93. The van der Waals surface area contributed by atoms with E-state index in [9.17, 15) is 10.1 Å². The molecule has 0 bridgehead atoms. The van der Waals surface area contributed by atoms with Crippen molar-refractivity contribution in [3.8, 4) is 0 Å². The molecule has 0 spiro atoms. The maximum absolute atomic E-state index is 10.9. The smallest absolute Gasteiger partial charge is 0.272 e. The van der Waals surface area contributed by atoms with Gasteiger partial charge in [0.15, 0.2) is 0 Å². The fraction of sp³-hybridized carbons (Fsp3) is 0.250. The van der Waals surface area contributed by atoms with Crippen LogP contribution in [0.5, 0.6) is 0 Å². The Kier molecular flexibility index (Phi) is 4.94. The fourth-order valence-corrected chi connectivity index (χ4v) is 2.56. The maximum atomic E-state index is 10.9. The van der Waals surface area contributed by atoms with Gasteiger partial charge in [-0.3, -0.25) is 10.1 Å². The van der Waals surface area contributed by atoms with Crippen LogP contribution in [0.4, 0.5) is 5.69 Å². The summed E-state index contributed by atoms with van der Waals surface area (Å²) >= 11 is 6.17. The first kappa shape index (κ1) is 15.5. The number of halogens is 1. The summed E-state index contributed by atoms with van der Waals surface area (Å²) in [6, 6.07) is 12.9. The van der Waals surface area contributed by atoms with Crippen LogP contribution in [0.25, 0.3) is 0 Å². The Morgan fingerprint density at radius 3 is 2.62 bits per heavy atom. The van der Waals surface area contributed by atoms with Gasteiger partial charge in [0.05, 0.1) is 4.92 Å². The molecule has 4 nitrogen and oxygen atoms in total. The molecule has 2 aromatic carbocycles. The molecule has 2 rings (SSSR count). The van der Waals surface area contributed by atoms with Crippen LogP contribution in [-0.2, 0) is 6.54 Å². The fourth-order valence-electron chi connectivity index (χ4n) is 2.26. The minimum Gasteiger partial charge on any atom is -0.306 e. The van der Waals surface area contributed by atoms with E-state index in [-0.39, 0.29) is 16.7 Å². The highest BCUT2D eigenvalue weighted by Gasteiger charge is 2.14. The number of nitrogens with zero attached hydrogens (tertiary/aromatic N) is 1. The summed E-state index contributed by atoms with van der Waals surface area (Å²) < 4.78 is 0. The van der Waals surface area contributed by atoms with Gasteiger partial charge in [0, 0.05) is 29.2 Å². The van der Waals surface area contributed by atoms with Gasteiger partial charge in [-0.1, -0.05) is 41.9 Å². The Balaban J connectivity index is 2.12. The topological polar surface area (TPSA) is 55.2 Å². The molecule has 5 heteroatoms. The first-order chi connectivity index (χ1) is 10.0. The molecule has 1 N–H and O–H groups in total. The van der Waals surface area contributed by atoms with Crippen molar-refractivity contribution in [2.75, 3.05) is 0 Å². The summed E-state index contributed by atoms with van der Waals surface area (Å²) in [5.41, 5.74) is 2.78. The van der Waals surface area contributed by atoms with Crippen molar-refractivity contribution in [3.63, 3.8) is 0 Å². The monoisotopic (exact) mass is 304 g/mol. The molecule has 0 unspecified atom stereocenters. The third-order valence-electron chi connectivity index (χ3n) is 3.58. The highest BCUT2D eigenvalue weighted by molar-refractivity contribution is 6.31. The molecule has 21 heavy (non-hydrogen) atoms. The molecule has 0 fully saturated rings. The van der Waals surface area contributed by atoms with Gasteiger partial charge in [0.2, 0.25) is 0 Å². The Bertz CT molecular complexity index is 658. The predicted octanol–water partition coefficient (Wildman–Crippen LogP) is 4.41. The quantitative estimate of drug-likeness (QED) is 0.657. The van der Waals surface area contributed by atoms with Gasteiger partial charge < -0.3 is 5.32 Å². The zero-order valence-electron chi connectivity index (χ0n) is 12.0. The van der Waals surface area contributed by atoms with Gasteiger partial charge in [-0.25, -0.2) is 0 Å². The van der Waals surface area contributed by atoms with E-state index in [2.05, 4.69) is 5.32 Å². The van der Waals surface area contributed by atoms with E-state index in [0.717, 1.165) is 11.1 Å². The Labute approximate surface area is 128 Å². The van der Waals surface area contributed by atoms with E-state index in [1.54, 1.807) is 13.0 Å². The second-order valence-electron chi connectivity index (χ2n) is 4.94. The van der Waals surface area contributed by atoms with Crippen LogP contribution in [-0.4, -0.2) is 4.92 Å². The summed E-state index contributed by atoms with van der Waals surface area (Å²) in [5, 5.41) is 15.0. The minimum atomic E-state index is -0.351. The standard InChI is InChI=1S/C16H17ClN2O2/c1-11-13(6-5-9-16(11)19(20)21)10-18-12(2)14-7-3-4-8-15(14)17/h3-9,12,18H,10H2,1-2H3/t12-/m1/s1. The highest BCUT2D eigenvalue weighted by atomic mass is 35.5. The van der Waals surface area contributed by atoms with E-state index < -0.39 is 0 Å². The largest absolute Gasteiger partial charge is 0.306 e. The number of rotatable bonds is 5. The zero-order valence-corrected chi connectivity index (χ0v) is 12.7. The summed E-state index contributed by atoms with van der Waals surface area (Å²) in [5.74, 6) is 0. The third kappa shape index (κ3) is 3.60. The summed E-state index contributed by atoms with van der Waals surface area (Å²) in [7, 11) is 0. The molecule has 0 aliphatic heterocycles. The number of hydrogen-bond acceptors (Lipinski definition) is 3. The van der Waals surface area contributed by atoms with Crippen molar-refractivity contribution in [1.82, 2.24) is 5.32 Å². The van der Waals surface area contributed by atoms with Crippen LogP contribution < -0.4 is 5.32 Å². The average molecular weight is 305 g/mol. The van der Waals surface area contributed by atoms with Gasteiger partial charge in [0.1, 0.15) is 0 Å². The molecular weight excluding hydrogens is 288 g/mol. The highest BCUT2D eigenvalue weighted by Crippen LogP contribution is 2.24. The first-order valence-corrected chi connectivity index (χ1v) is 7.09. The minimum absolute atomic E-state index is 0.0670. The second kappa shape index (κ2) is 6.70. The van der Waals surface area contributed by atoms with E-state index in [0.29, 0.717) is 17.1 Å². The van der Waals surface area contributed by atoms with Gasteiger partial charge >= 0.3 is 0 Å². The zero-order chi connectivity index (χ0) is 15.4. The van der Waals surface area contributed by atoms with Gasteiger partial charge in [-0.15, -0.1) is 0 Å². The Hall–Kier alpha value is -1.91. The molecule has 0 aromatic heterocycles. The molecule has 0 heterocycles. The molecule has 0 radical (unpaired) electrons. The Morgan fingerprint density at radius 1 is 1.24 bits per heavy atom. The molecule has 0 aliphatic carbocycles. The van der Waals surface area contributed by atoms with Crippen molar-refractivity contribution in [2.24, 2.45) is 0 Å². The van der Waals surface area contributed by atoms with E-state index in [1.165, 1.54) is 6.07 Å². The average Bonchev–Trinajstić information content (AvgIpc) is 2.46. The van der Waals surface area contributed by atoms with Crippen LogP contribution in [0.1, 0.15) is 29.7 Å². The molecular formula is C16H17ClN2O2. The second-order valence-corrected chi connectivity index (χ2v) is 5.35.